The Hall–Kier alpha value is 0.690. The van der Waals surface area contributed by atoms with Gasteiger partial charge in [0.05, 0.1) is 0 Å². The summed E-state index contributed by atoms with van der Waals surface area (Å²) >= 11 is 2.37. The molecule has 0 aliphatic rings. The van der Waals surface area contributed by atoms with Crippen LogP contribution in [0.25, 0.3) is 0 Å². The summed E-state index contributed by atoms with van der Waals surface area (Å²) in [5, 5.41) is 0. The van der Waals surface area contributed by atoms with Crippen LogP contribution in [-0.4, -0.2) is 17.6 Å². The summed E-state index contributed by atoms with van der Waals surface area (Å²) in [6, 6.07) is 0. The van der Waals surface area contributed by atoms with Crippen LogP contribution in [0.2, 0.25) is 0 Å². The van der Waals surface area contributed by atoms with E-state index in [1.807, 2.05) is 0 Å². The van der Waals surface area contributed by atoms with Crippen molar-refractivity contribution in [2.24, 2.45) is 0 Å². The summed E-state index contributed by atoms with van der Waals surface area (Å²) in [5.74, 6) is 0. The Morgan fingerprint density at radius 2 is 2.12 bits per heavy atom. The normalized spacial score (nSPS) is 9.75. The van der Waals surface area contributed by atoms with Crippen LogP contribution in [0.1, 0.15) is 12.8 Å². The minimum Gasteiger partial charge on any atom is -0.381 e. The largest absolute Gasteiger partial charge is 0.381 e. The van der Waals surface area contributed by atoms with E-state index in [4.69, 9.17) is 4.74 Å². The molecule has 1 nitrogen and oxygen atoms in total. The lowest BCUT2D eigenvalue weighted by Crippen LogP contribution is -1.92. The van der Waals surface area contributed by atoms with Crippen LogP contribution >= 0.6 is 22.6 Å². The van der Waals surface area contributed by atoms with Crippen LogP contribution in [0.5, 0.6) is 0 Å². The van der Waals surface area contributed by atoms with Crippen LogP contribution < -0.4 is 0 Å². The van der Waals surface area contributed by atoms with Gasteiger partial charge in [0.1, 0.15) is 0 Å². The van der Waals surface area contributed by atoms with Crippen LogP contribution in [0.3, 0.4) is 0 Å². The highest BCUT2D eigenvalue weighted by Gasteiger charge is 1.83. The molecule has 0 spiro atoms. The Kier molecular flexibility index (Phi) is 8.35. The highest BCUT2D eigenvalue weighted by atomic mass is 127. The molecule has 0 aliphatic heterocycles. The van der Waals surface area contributed by atoms with Gasteiger partial charge in [-0.25, -0.2) is 0 Å². The van der Waals surface area contributed by atoms with E-state index in [0.29, 0.717) is 6.61 Å². The quantitative estimate of drug-likeness (QED) is 0.396. The SMILES string of the molecule is [CH2]COCCCCI. The molecule has 0 aromatic carbocycles. The van der Waals surface area contributed by atoms with Crippen molar-refractivity contribution in [1.29, 1.82) is 0 Å². The van der Waals surface area contributed by atoms with Crippen molar-refractivity contribution < 1.29 is 4.74 Å². The standard InChI is InChI=1S/C6H12IO/c1-2-8-6-4-3-5-7/h1-6H2. The van der Waals surface area contributed by atoms with Crippen LogP contribution in [-0.2, 0) is 4.74 Å². The van der Waals surface area contributed by atoms with E-state index in [9.17, 15) is 0 Å². The first-order chi connectivity index (χ1) is 3.91. The second-order valence-electron chi connectivity index (χ2n) is 1.51. The minimum atomic E-state index is 0.612. The number of unbranched alkanes of at least 4 members (excludes halogenated alkanes) is 1. The molecule has 1 radical (unpaired) electrons. The van der Waals surface area contributed by atoms with Gasteiger partial charge in [0.15, 0.2) is 0 Å². The maximum absolute atomic E-state index is 5.02. The molecular weight excluding hydrogens is 215 g/mol. The molecule has 0 aliphatic carbocycles. The van der Waals surface area contributed by atoms with Gasteiger partial charge < -0.3 is 4.74 Å². The number of hydrogen-bond donors (Lipinski definition) is 0. The molecular formula is C6H12IO. The second kappa shape index (κ2) is 7.69. The average Bonchev–Trinajstić information content (AvgIpc) is 1.81. The van der Waals surface area contributed by atoms with Gasteiger partial charge in [-0.1, -0.05) is 22.6 Å². The molecule has 49 valence electrons. The molecule has 0 rings (SSSR count). The smallest absolute Gasteiger partial charge is 0.0466 e. The van der Waals surface area contributed by atoms with Crippen molar-refractivity contribution in [3.63, 3.8) is 0 Å². The molecule has 0 unspecified atom stereocenters. The molecule has 0 aromatic heterocycles. The van der Waals surface area contributed by atoms with E-state index in [1.165, 1.54) is 17.3 Å². The lowest BCUT2D eigenvalue weighted by atomic mass is 10.4. The molecule has 0 heterocycles. The molecule has 0 bridgehead atoms. The van der Waals surface area contributed by atoms with Gasteiger partial charge >= 0.3 is 0 Å². The van der Waals surface area contributed by atoms with Crippen molar-refractivity contribution in [2.75, 3.05) is 17.6 Å². The van der Waals surface area contributed by atoms with Gasteiger partial charge in [0.25, 0.3) is 0 Å². The first kappa shape index (κ1) is 8.69. The number of halogens is 1. The van der Waals surface area contributed by atoms with Gasteiger partial charge in [0, 0.05) is 13.2 Å². The molecule has 8 heavy (non-hydrogen) atoms. The van der Waals surface area contributed by atoms with Gasteiger partial charge in [-0.05, 0) is 24.2 Å². The molecule has 0 saturated carbocycles. The summed E-state index contributed by atoms with van der Waals surface area (Å²) in [7, 11) is 0. The van der Waals surface area contributed by atoms with Crippen molar-refractivity contribution in [1.82, 2.24) is 0 Å². The molecule has 0 fully saturated rings. The summed E-state index contributed by atoms with van der Waals surface area (Å²) < 4.78 is 6.26. The Balaban J connectivity index is 2.53. The van der Waals surface area contributed by atoms with Crippen molar-refractivity contribution in [3.05, 3.63) is 6.92 Å². The number of rotatable bonds is 5. The monoisotopic (exact) mass is 227 g/mol. The Bertz CT molecular complexity index is 33.5. The summed E-state index contributed by atoms with van der Waals surface area (Å²) in [5.41, 5.74) is 0. The lowest BCUT2D eigenvalue weighted by Gasteiger charge is -1.96. The molecule has 0 aromatic rings. The Morgan fingerprint density at radius 1 is 1.38 bits per heavy atom. The third kappa shape index (κ3) is 6.69. The molecule has 0 N–H and O–H groups in total. The van der Waals surface area contributed by atoms with Crippen molar-refractivity contribution >= 4 is 22.6 Å². The number of hydrogen-bond acceptors (Lipinski definition) is 1. The van der Waals surface area contributed by atoms with Gasteiger partial charge in [-0.2, -0.15) is 0 Å². The number of alkyl halides is 1. The Labute approximate surface area is 64.9 Å². The van der Waals surface area contributed by atoms with E-state index >= 15 is 0 Å². The van der Waals surface area contributed by atoms with E-state index < -0.39 is 0 Å². The summed E-state index contributed by atoms with van der Waals surface area (Å²) in [4.78, 5) is 0. The third-order valence-corrected chi connectivity index (χ3v) is 1.58. The molecule has 0 atom stereocenters. The van der Waals surface area contributed by atoms with Crippen molar-refractivity contribution in [2.45, 2.75) is 12.8 Å². The van der Waals surface area contributed by atoms with E-state index in [-0.39, 0.29) is 0 Å². The molecule has 0 saturated heterocycles. The summed E-state index contributed by atoms with van der Waals surface area (Å²) in [6.07, 6.45) is 2.44. The average molecular weight is 227 g/mol. The van der Waals surface area contributed by atoms with E-state index in [0.717, 1.165) is 6.61 Å². The second-order valence-corrected chi connectivity index (χ2v) is 2.59. The summed E-state index contributed by atoms with van der Waals surface area (Å²) in [6.45, 7) is 5.05. The van der Waals surface area contributed by atoms with E-state index in [2.05, 4.69) is 29.5 Å². The first-order valence-electron chi connectivity index (χ1n) is 2.84. The number of ether oxygens (including phenoxy) is 1. The van der Waals surface area contributed by atoms with Crippen LogP contribution in [0.15, 0.2) is 0 Å². The van der Waals surface area contributed by atoms with E-state index in [1.54, 1.807) is 0 Å². The third-order valence-electron chi connectivity index (χ3n) is 0.817. The fourth-order valence-electron chi connectivity index (χ4n) is 0.401. The fraction of sp³-hybridized carbons (Fsp3) is 0.833. The topological polar surface area (TPSA) is 9.23 Å². The van der Waals surface area contributed by atoms with Gasteiger partial charge in [-0.3, -0.25) is 0 Å². The van der Waals surface area contributed by atoms with Crippen LogP contribution in [0, 0.1) is 6.92 Å². The van der Waals surface area contributed by atoms with Gasteiger partial charge in [0.2, 0.25) is 0 Å². The predicted octanol–water partition coefficient (Wildman–Crippen LogP) is 2.05. The molecule has 0 amide bonds. The molecule has 2 heteroatoms. The highest BCUT2D eigenvalue weighted by molar-refractivity contribution is 14.1. The predicted molar refractivity (Wildman–Crippen MR) is 44.3 cm³/mol. The zero-order chi connectivity index (χ0) is 6.24. The van der Waals surface area contributed by atoms with Gasteiger partial charge in [-0.15, -0.1) is 0 Å². The minimum absolute atomic E-state index is 0.612. The zero-order valence-electron chi connectivity index (χ0n) is 5.03. The lowest BCUT2D eigenvalue weighted by molar-refractivity contribution is 0.158. The highest BCUT2D eigenvalue weighted by Crippen LogP contribution is 1.93. The maximum atomic E-state index is 5.02. The first-order valence-corrected chi connectivity index (χ1v) is 4.37. The zero-order valence-corrected chi connectivity index (χ0v) is 7.19. The Morgan fingerprint density at radius 3 is 2.62 bits per heavy atom. The maximum Gasteiger partial charge on any atom is 0.0466 e. The van der Waals surface area contributed by atoms with Crippen molar-refractivity contribution in [3.8, 4) is 0 Å². The fourth-order valence-corrected chi connectivity index (χ4v) is 0.940. The van der Waals surface area contributed by atoms with Crippen LogP contribution in [0.4, 0.5) is 0 Å².